The molecule has 1 aromatic heterocycles. The van der Waals surface area contributed by atoms with Crippen LogP contribution < -0.4 is 10.2 Å². The molecule has 2 aromatic rings. The minimum atomic E-state index is -0.233. The SMILES string of the molecule is CCCN(C)CCC(=O)N1c2ccccc2C(=O)Nc2cccnc21. The summed E-state index contributed by atoms with van der Waals surface area (Å²) in [6.45, 7) is 3.72. The van der Waals surface area contributed by atoms with Crippen molar-refractivity contribution in [3.63, 3.8) is 0 Å². The number of pyridine rings is 1. The number of fused-ring (bicyclic) bond motifs is 2. The maximum absolute atomic E-state index is 13.0. The van der Waals surface area contributed by atoms with Gasteiger partial charge >= 0.3 is 0 Å². The zero-order valence-electron chi connectivity index (χ0n) is 14.5. The van der Waals surface area contributed by atoms with Crippen molar-refractivity contribution in [2.45, 2.75) is 19.8 Å². The highest BCUT2D eigenvalue weighted by atomic mass is 16.2. The van der Waals surface area contributed by atoms with Gasteiger partial charge in [-0.3, -0.25) is 14.5 Å². The van der Waals surface area contributed by atoms with Crippen LogP contribution in [-0.4, -0.2) is 41.8 Å². The third-order valence-corrected chi connectivity index (χ3v) is 4.20. The second-order valence-electron chi connectivity index (χ2n) is 6.13. The minimum absolute atomic E-state index is 0.0770. The molecule has 0 saturated carbocycles. The van der Waals surface area contributed by atoms with Gasteiger partial charge in [0.2, 0.25) is 5.91 Å². The molecule has 0 spiro atoms. The van der Waals surface area contributed by atoms with Gasteiger partial charge in [-0.1, -0.05) is 19.1 Å². The molecule has 1 aliphatic heterocycles. The van der Waals surface area contributed by atoms with Crippen LogP contribution in [-0.2, 0) is 4.79 Å². The van der Waals surface area contributed by atoms with Gasteiger partial charge in [-0.15, -0.1) is 0 Å². The van der Waals surface area contributed by atoms with Crippen molar-refractivity contribution in [3.8, 4) is 0 Å². The molecule has 0 aliphatic carbocycles. The highest BCUT2D eigenvalue weighted by Crippen LogP contribution is 2.36. The Morgan fingerprint density at radius 3 is 2.80 bits per heavy atom. The Balaban J connectivity index is 1.98. The van der Waals surface area contributed by atoms with E-state index in [0.29, 0.717) is 35.7 Å². The van der Waals surface area contributed by atoms with Crippen molar-refractivity contribution in [2.75, 3.05) is 30.4 Å². The lowest BCUT2D eigenvalue weighted by Gasteiger charge is -2.24. The van der Waals surface area contributed by atoms with Crippen molar-refractivity contribution in [1.82, 2.24) is 9.88 Å². The Labute approximate surface area is 147 Å². The number of para-hydroxylation sites is 1. The van der Waals surface area contributed by atoms with Crippen LogP contribution in [0.2, 0.25) is 0 Å². The molecule has 1 aromatic carbocycles. The highest BCUT2D eigenvalue weighted by molar-refractivity contribution is 6.17. The topological polar surface area (TPSA) is 65.5 Å². The van der Waals surface area contributed by atoms with E-state index in [2.05, 4.69) is 22.1 Å². The number of amides is 2. The number of aromatic nitrogens is 1. The first-order valence-electron chi connectivity index (χ1n) is 8.48. The van der Waals surface area contributed by atoms with Crippen molar-refractivity contribution >= 4 is 29.0 Å². The first kappa shape index (κ1) is 17.1. The van der Waals surface area contributed by atoms with E-state index in [1.807, 2.05) is 13.1 Å². The second-order valence-corrected chi connectivity index (χ2v) is 6.13. The van der Waals surface area contributed by atoms with E-state index in [-0.39, 0.29) is 11.8 Å². The Morgan fingerprint density at radius 1 is 1.20 bits per heavy atom. The molecule has 1 N–H and O–H groups in total. The molecule has 0 unspecified atom stereocenters. The molecule has 0 radical (unpaired) electrons. The summed E-state index contributed by atoms with van der Waals surface area (Å²) >= 11 is 0. The van der Waals surface area contributed by atoms with Gasteiger partial charge in [0.05, 0.1) is 16.9 Å². The van der Waals surface area contributed by atoms with Crippen molar-refractivity contribution in [2.24, 2.45) is 0 Å². The molecule has 6 heteroatoms. The average Bonchev–Trinajstić information content (AvgIpc) is 2.74. The minimum Gasteiger partial charge on any atom is -0.319 e. The van der Waals surface area contributed by atoms with E-state index in [0.717, 1.165) is 13.0 Å². The summed E-state index contributed by atoms with van der Waals surface area (Å²) in [5.41, 5.74) is 1.58. The maximum atomic E-state index is 13.0. The van der Waals surface area contributed by atoms with E-state index in [4.69, 9.17) is 0 Å². The quantitative estimate of drug-likeness (QED) is 0.910. The van der Waals surface area contributed by atoms with Crippen LogP contribution in [0.4, 0.5) is 17.2 Å². The Morgan fingerprint density at radius 2 is 2.00 bits per heavy atom. The molecule has 0 atom stereocenters. The van der Waals surface area contributed by atoms with Crippen LogP contribution in [0.5, 0.6) is 0 Å². The van der Waals surface area contributed by atoms with Crippen LogP contribution >= 0.6 is 0 Å². The zero-order chi connectivity index (χ0) is 17.8. The lowest BCUT2D eigenvalue weighted by Crippen LogP contribution is -2.31. The van der Waals surface area contributed by atoms with E-state index < -0.39 is 0 Å². The summed E-state index contributed by atoms with van der Waals surface area (Å²) in [5, 5.41) is 2.84. The Bertz CT molecular complexity index is 790. The van der Waals surface area contributed by atoms with Gasteiger partial charge in [-0.25, -0.2) is 4.98 Å². The first-order valence-corrected chi connectivity index (χ1v) is 8.48. The average molecular weight is 338 g/mol. The number of carbonyl (C=O) groups is 2. The molecule has 2 heterocycles. The van der Waals surface area contributed by atoms with Gasteiger partial charge in [0.1, 0.15) is 0 Å². The molecule has 0 saturated heterocycles. The van der Waals surface area contributed by atoms with Crippen LogP contribution in [0, 0.1) is 0 Å². The summed E-state index contributed by atoms with van der Waals surface area (Å²) in [4.78, 5) is 33.6. The molecule has 0 bridgehead atoms. The third-order valence-electron chi connectivity index (χ3n) is 4.20. The number of benzene rings is 1. The number of nitrogens with zero attached hydrogens (tertiary/aromatic N) is 3. The van der Waals surface area contributed by atoms with Crippen LogP contribution in [0.3, 0.4) is 0 Å². The number of carbonyl (C=O) groups excluding carboxylic acids is 2. The van der Waals surface area contributed by atoms with Gasteiger partial charge in [-0.05, 0) is 44.3 Å². The monoisotopic (exact) mass is 338 g/mol. The predicted molar refractivity (Wildman–Crippen MR) is 98.2 cm³/mol. The second kappa shape index (κ2) is 7.44. The first-order chi connectivity index (χ1) is 12.1. The van der Waals surface area contributed by atoms with Gasteiger partial charge in [0.25, 0.3) is 5.91 Å². The third kappa shape index (κ3) is 3.53. The van der Waals surface area contributed by atoms with Gasteiger partial charge in [-0.2, -0.15) is 0 Å². The summed E-state index contributed by atoms with van der Waals surface area (Å²) in [7, 11) is 2.00. The van der Waals surface area contributed by atoms with Crippen LogP contribution in [0.25, 0.3) is 0 Å². The largest absolute Gasteiger partial charge is 0.319 e. The molecule has 3 rings (SSSR count). The molecular formula is C19H22N4O2. The summed E-state index contributed by atoms with van der Waals surface area (Å²) < 4.78 is 0. The predicted octanol–water partition coefficient (Wildman–Crippen LogP) is 3.04. The Kier molecular flexibility index (Phi) is 5.09. The number of hydrogen-bond donors (Lipinski definition) is 1. The number of nitrogens with one attached hydrogen (secondary N) is 1. The molecule has 6 nitrogen and oxygen atoms in total. The van der Waals surface area contributed by atoms with Crippen molar-refractivity contribution < 1.29 is 9.59 Å². The number of anilines is 3. The fraction of sp³-hybridized carbons (Fsp3) is 0.316. The van der Waals surface area contributed by atoms with E-state index in [1.54, 1.807) is 41.4 Å². The fourth-order valence-corrected chi connectivity index (χ4v) is 2.98. The van der Waals surface area contributed by atoms with Gasteiger partial charge in [0.15, 0.2) is 5.82 Å². The molecule has 25 heavy (non-hydrogen) atoms. The Hall–Kier alpha value is -2.73. The van der Waals surface area contributed by atoms with E-state index in [9.17, 15) is 9.59 Å². The fourth-order valence-electron chi connectivity index (χ4n) is 2.98. The van der Waals surface area contributed by atoms with E-state index in [1.165, 1.54) is 0 Å². The van der Waals surface area contributed by atoms with Crippen molar-refractivity contribution in [1.29, 1.82) is 0 Å². The normalized spacial score (nSPS) is 13.1. The van der Waals surface area contributed by atoms with Crippen LogP contribution in [0.15, 0.2) is 42.6 Å². The van der Waals surface area contributed by atoms with E-state index >= 15 is 0 Å². The highest BCUT2D eigenvalue weighted by Gasteiger charge is 2.29. The lowest BCUT2D eigenvalue weighted by molar-refractivity contribution is -0.118. The summed E-state index contributed by atoms with van der Waals surface area (Å²) in [6, 6.07) is 10.6. The smallest absolute Gasteiger partial charge is 0.257 e. The molecular weight excluding hydrogens is 316 g/mol. The molecule has 0 fully saturated rings. The maximum Gasteiger partial charge on any atom is 0.257 e. The molecule has 1 aliphatic rings. The van der Waals surface area contributed by atoms with Crippen LogP contribution in [0.1, 0.15) is 30.1 Å². The van der Waals surface area contributed by atoms with Gasteiger partial charge < -0.3 is 10.2 Å². The lowest BCUT2D eigenvalue weighted by atomic mass is 10.1. The van der Waals surface area contributed by atoms with Gasteiger partial charge in [0, 0.05) is 19.2 Å². The summed E-state index contributed by atoms with van der Waals surface area (Å²) in [5.74, 6) is 0.152. The molecule has 2 amide bonds. The van der Waals surface area contributed by atoms with Crippen molar-refractivity contribution in [3.05, 3.63) is 48.2 Å². The summed E-state index contributed by atoms with van der Waals surface area (Å²) in [6.07, 6.45) is 3.03. The zero-order valence-corrected chi connectivity index (χ0v) is 14.5. The number of rotatable bonds is 5. The standard InChI is InChI=1S/C19H22N4O2/c1-3-12-22(2)13-10-17(24)23-16-9-5-4-7-14(16)19(25)21-15-8-6-11-20-18(15)23/h4-9,11H,3,10,12-13H2,1-2H3,(H,21,25). The number of hydrogen-bond acceptors (Lipinski definition) is 4. The molecule has 130 valence electrons.